The minimum absolute atomic E-state index is 0.228. The number of anilines is 2. The van der Waals surface area contributed by atoms with Crippen molar-refractivity contribution in [3.05, 3.63) is 20.8 Å². The summed E-state index contributed by atoms with van der Waals surface area (Å²) in [5.41, 5.74) is -0.0689. The maximum absolute atomic E-state index is 12.2. The lowest BCUT2D eigenvalue weighted by molar-refractivity contribution is -0.121. The number of carbonyl (C=O) groups is 1. The Balaban J connectivity index is 1.37. The molecule has 38 heavy (non-hydrogen) atoms. The lowest BCUT2D eigenvalue weighted by Gasteiger charge is -2.20. The van der Waals surface area contributed by atoms with Gasteiger partial charge in [-0.1, -0.05) is 103 Å². The number of carbonyl (C=O) groups excluding carboxylic acids is 1. The first-order valence-corrected chi connectivity index (χ1v) is 15.5. The van der Waals surface area contributed by atoms with Crippen LogP contribution in [0.2, 0.25) is 0 Å². The fraction of sp³-hybridized carbons (Fsp3) is 0.833. The summed E-state index contributed by atoms with van der Waals surface area (Å²) < 4.78 is 1.55. The molecular formula is C30H55N5O3. The lowest BCUT2D eigenvalue weighted by Crippen LogP contribution is -2.32. The third-order valence-electron chi connectivity index (χ3n) is 7.77. The van der Waals surface area contributed by atoms with E-state index in [0.29, 0.717) is 18.8 Å². The first kappa shape index (κ1) is 32.0. The van der Waals surface area contributed by atoms with Gasteiger partial charge in [0.15, 0.2) is 0 Å². The van der Waals surface area contributed by atoms with E-state index in [4.69, 9.17) is 0 Å². The number of H-pyrrole nitrogens is 1. The van der Waals surface area contributed by atoms with Crippen LogP contribution in [0.15, 0.2) is 9.59 Å². The van der Waals surface area contributed by atoms with Gasteiger partial charge in [0.25, 0.3) is 5.56 Å². The van der Waals surface area contributed by atoms with Crippen LogP contribution in [0.4, 0.5) is 11.5 Å². The maximum Gasteiger partial charge on any atom is 0.329 e. The van der Waals surface area contributed by atoms with E-state index in [1.54, 1.807) is 11.6 Å². The van der Waals surface area contributed by atoms with E-state index in [2.05, 4.69) is 22.1 Å². The first-order chi connectivity index (χ1) is 18.5. The van der Waals surface area contributed by atoms with Crippen molar-refractivity contribution in [2.24, 2.45) is 7.05 Å². The maximum atomic E-state index is 12.2. The molecule has 0 atom stereocenters. The predicted octanol–water partition coefficient (Wildman–Crippen LogP) is 5.84. The fourth-order valence-corrected chi connectivity index (χ4v) is 5.45. The Morgan fingerprint density at radius 2 is 1.29 bits per heavy atom. The number of rotatable bonds is 22. The first-order valence-electron chi connectivity index (χ1n) is 15.5. The van der Waals surface area contributed by atoms with Crippen molar-refractivity contribution < 1.29 is 4.79 Å². The molecule has 1 aliphatic rings. The number of hydrogen-bond acceptors (Lipinski definition) is 5. The van der Waals surface area contributed by atoms with Gasteiger partial charge in [-0.3, -0.25) is 19.1 Å². The number of aromatic amines is 1. The van der Waals surface area contributed by atoms with Crippen LogP contribution in [0, 0.1) is 0 Å². The second kappa shape index (κ2) is 18.9. The van der Waals surface area contributed by atoms with Gasteiger partial charge in [-0.15, -0.1) is 0 Å². The van der Waals surface area contributed by atoms with Crippen LogP contribution in [0.25, 0.3) is 0 Å². The number of aromatic nitrogens is 2. The Labute approximate surface area is 230 Å². The van der Waals surface area contributed by atoms with Crippen LogP contribution in [-0.4, -0.2) is 42.3 Å². The number of nitrogens with one attached hydrogen (secondary N) is 2. The summed E-state index contributed by atoms with van der Waals surface area (Å²) in [5.74, 6) is 0.965. The number of fused-ring (bicyclic) bond motifs is 1. The Bertz CT molecular complexity index is 910. The predicted molar refractivity (Wildman–Crippen MR) is 159 cm³/mol. The van der Waals surface area contributed by atoms with Crippen molar-refractivity contribution >= 4 is 17.4 Å². The zero-order valence-corrected chi connectivity index (χ0v) is 24.6. The summed E-state index contributed by atoms with van der Waals surface area (Å²) in [5, 5.41) is 3.09. The van der Waals surface area contributed by atoms with Crippen LogP contribution in [0.1, 0.15) is 129 Å². The molecule has 8 nitrogen and oxygen atoms in total. The largest absolute Gasteiger partial charge is 0.356 e. The van der Waals surface area contributed by atoms with E-state index in [1.165, 1.54) is 89.9 Å². The van der Waals surface area contributed by atoms with Gasteiger partial charge in [0.2, 0.25) is 5.91 Å². The minimum Gasteiger partial charge on any atom is -0.356 e. The van der Waals surface area contributed by atoms with Crippen molar-refractivity contribution in [2.45, 2.75) is 129 Å². The molecule has 0 aliphatic carbocycles. The summed E-state index contributed by atoms with van der Waals surface area (Å²) in [6.07, 6.45) is 23.0. The lowest BCUT2D eigenvalue weighted by atomic mass is 10.1. The van der Waals surface area contributed by atoms with Crippen LogP contribution < -0.4 is 26.4 Å². The normalized spacial score (nSPS) is 12.8. The summed E-state index contributed by atoms with van der Waals surface area (Å²) in [4.78, 5) is 42.6. The van der Waals surface area contributed by atoms with Crippen LogP contribution in [-0.2, 0) is 11.8 Å². The molecule has 2 rings (SSSR count). The molecule has 0 saturated heterocycles. The second-order valence-corrected chi connectivity index (χ2v) is 11.2. The van der Waals surface area contributed by atoms with Gasteiger partial charge < -0.3 is 15.1 Å². The molecule has 1 aromatic rings. The van der Waals surface area contributed by atoms with Crippen molar-refractivity contribution in [1.29, 1.82) is 0 Å². The van der Waals surface area contributed by atoms with E-state index in [-0.39, 0.29) is 17.2 Å². The van der Waals surface area contributed by atoms with E-state index >= 15 is 0 Å². The molecule has 0 aromatic carbocycles. The molecule has 2 heterocycles. The quantitative estimate of drug-likeness (QED) is 0.183. The Hall–Kier alpha value is -2.25. The smallest absolute Gasteiger partial charge is 0.329 e. The SMILES string of the molecule is CCCCCCCCCCCC(=O)NCCCCCCCCCCCN1CN(C)c2c1n(C)c(=O)[nH]c2=O. The third kappa shape index (κ3) is 11.6. The third-order valence-corrected chi connectivity index (χ3v) is 7.77. The van der Waals surface area contributed by atoms with Crippen LogP contribution in [0.5, 0.6) is 0 Å². The van der Waals surface area contributed by atoms with Crippen molar-refractivity contribution in [3.8, 4) is 0 Å². The zero-order valence-electron chi connectivity index (χ0n) is 24.6. The molecule has 0 fully saturated rings. The van der Waals surface area contributed by atoms with Gasteiger partial charge in [0.05, 0.1) is 6.67 Å². The topological polar surface area (TPSA) is 90.4 Å². The van der Waals surface area contributed by atoms with Crippen molar-refractivity contribution in [3.63, 3.8) is 0 Å². The standard InChI is InChI=1S/C30H55N5O3/c1-4-5-6-7-8-10-13-16-19-22-26(36)31-23-20-17-14-11-9-12-15-18-21-24-35-25-33(2)27-28(37)32-30(38)34(3)29(27)35/h4-25H2,1-3H3,(H,31,36)(H,32,37,38). The Kier molecular flexibility index (Phi) is 15.9. The van der Waals surface area contributed by atoms with Crippen LogP contribution in [0.3, 0.4) is 0 Å². The number of nitrogens with zero attached hydrogens (tertiary/aromatic N) is 3. The highest BCUT2D eigenvalue weighted by Gasteiger charge is 2.28. The van der Waals surface area contributed by atoms with E-state index in [0.717, 1.165) is 44.6 Å². The van der Waals surface area contributed by atoms with E-state index in [9.17, 15) is 14.4 Å². The summed E-state index contributed by atoms with van der Waals surface area (Å²) in [7, 11) is 3.61. The highest BCUT2D eigenvalue weighted by molar-refractivity contribution is 5.75. The molecule has 0 radical (unpaired) electrons. The molecule has 0 saturated carbocycles. The zero-order chi connectivity index (χ0) is 27.6. The van der Waals surface area contributed by atoms with Gasteiger partial charge in [0, 0.05) is 33.6 Å². The summed E-state index contributed by atoms with van der Waals surface area (Å²) in [6, 6.07) is 0. The van der Waals surface area contributed by atoms with Gasteiger partial charge >= 0.3 is 5.69 Å². The molecule has 2 N–H and O–H groups in total. The molecule has 0 bridgehead atoms. The second-order valence-electron chi connectivity index (χ2n) is 11.2. The molecule has 0 unspecified atom stereocenters. The fourth-order valence-electron chi connectivity index (χ4n) is 5.45. The molecule has 1 aliphatic heterocycles. The molecule has 8 heteroatoms. The molecule has 1 amide bonds. The molecule has 1 aromatic heterocycles. The number of unbranched alkanes of at least 4 members (excludes halogenated alkanes) is 16. The molecular weight excluding hydrogens is 478 g/mol. The van der Waals surface area contributed by atoms with E-state index in [1.807, 2.05) is 11.9 Å². The van der Waals surface area contributed by atoms with Gasteiger partial charge in [-0.25, -0.2) is 4.79 Å². The molecule has 218 valence electrons. The van der Waals surface area contributed by atoms with Gasteiger partial charge in [-0.05, 0) is 19.3 Å². The highest BCUT2D eigenvalue weighted by atomic mass is 16.2. The Morgan fingerprint density at radius 1 is 0.763 bits per heavy atom. The minimum atomic E-state index is -0.356. The summed E-state index contributed by atoms with van der Waals surface area (Å²) in [6.45, 7) is 4.59. The van der Waals surface area contributed by atoms with Crippen molar-refractivity contribution in [1.82, 2.24) is 14.9 Å². The summed E-state index contributed by atoms with van der Waals surface area (Å²) >= 11 is 0. The average Bonchev–Trinajstić information content (AvgIpc) is 3.23. The van der Waals surface area contributed by atoms with Crippen LogP contribution >= 0.6 is 0 Å². The van der Waals surface area contributed by atoms with Gasteiger partial charge in [0.1, 0.15) is 11.5 Å². The van der Waals surface area contributed by atoms with E-state index < -0.39 is 0 Å². The highest BCUT2D eigenvalue weighted by Crippen LogP contribution is 2.29. The average molecular weight is 534 g/mol. The van der Waals surface area contributed by atoms with Gasteiger partial charge in [-0.2, -0.15) is 0 Å². The monoisotopic (exact) mass is 533 g/mol. The van der Waals surface area contributed by atoms with Crippen molar-refractivity contribution in [2.75, 3.05) is 36.6 Å². The number of hydrogen-bond donors (Lipinski definition) is 2. The molecule has 0 spiro atoms. The Morgan fingerprint density at radius 3 is 1.89 bits per heavy atom. The number of amides is 1.